The van der Waals surface area contributed by atoms with Gasteiger partial charge in [0.2, 0.25) is 0 Å². The minimum Gasteiger partial charge on any atom is -0.491 e. The van der Waals surface area contributed by atoms with E-state index in [1.165, 1.54) is 23.5 Å². The third-order valence-corrected chi connectivity index (χ3v) is 5.22. The zero-order chi connectivity index (χ0) is 20.4. The number of aromatic nitrogens is 1. The first-order valence-corrected chi connectivity index (χ1v) is 9.98. The number of benzene rings is 2. The Bertz CT molecular complexity index is 1120. The second-order valence-corrected chi connectivity index (χ2v) is 7.78. The minimum absolute atomic E-state index is 0.0511. The maximum atomic E-state index is 13.6. The van der Waals surface area contributed by atoms with Gasteiger partial charge in [-0.2, -0.15) is 0 Å². The maximum absolute atomic E-state index is 13.6. The summed E-state index contributed by atoms with van der Waals surface area (Å²) >= 11 is 1.26. The Morgan fingerprint density at radius 1 is 1.21 bits per heavy atom. The van der Waals surface area contributed by atoms with Crippen molar-refractivity contribution < 1.29 is 18.3 Å². The van der Waals surface area contributed by atoms with Crippen LogP contribution in [0.3, 0.4) is 0 Å². The molecule has 0 atom stereocenters. The lowest BCUT2D eigenvalue weighted by Crippen LogP contribution is -2.30. The van der Waals surface area contributed by atoms with E-state index in [2.05, 4.69) is 4.98 Å². The first kappa shape index (κ1) is 19.1. The summed E-state index contributed by atoms with van der Waals surface area (Å²) in [5, 5.41) is 0.481. The molecule has 5 nitrogen and oxygen atoms in total. The molecule has 0 spiro atoms. The van der Waals surface area contributed by atoms with Gasteiger partial charge in [-0.15, -0.1) is 0 Å². The lowest BCUT2D eigenvalue weighted by atomic mass is 10.2. The van der Waals surface area contributed by atoms with E-state index in [4.69, 9.17) is 9.15 Å². The van der Waals surface area contributed by atoms with Gasteiger partial charge in [-0.3, -0.25) is 9.69 Å². The minimum atomic E-state index is -0.336. The molecule has 7 heteroatoms. The van der Waals surface area contributed by atoms with Crippen LogP contribution in [-0.2, 0) is 6.54 Å². The van der Waals surface area contributed by atoms with Crippen LogP contribution < -0.4 is 9.64 Å². The quantitative estimate of drug-likeness (QED) is 0.411. The number of hydrogen-bond donors (Lipinski definition) is 0. The lowest BCUT2D eigenvalue weighted by Gasteiger charge is -2.19. The molecule has 0 aliphatic carbocycles. The number of thiazole rings is 1. The van der Waals surface area contributed by atoms with Crippen molar-refractivity contribution in [3.8, 4) is 5.75 Å². The van der Waals surface area contributed by atoms with E-state index in [9.17, 15) is 9.18 Å². The second kappa shape index (κ2) is 8.05. The fourth-order valence-corrected chi connectivity index (χ4v) is 3.88. The van der Waals surface area contributed by atoms with Crippen molar-refractivity contribution in [3.05, 3.63) is 78.0 Å². The summed E-state index contributed by atoms with van der Waals surface area (Å²) in [7, 11) is 0. The van der Waals surface area contributed by atoms with Gasteiger partial charge in [0.1, 0.15) is 17.3 Å². The smallest absolute Gasteiger partial charge is 0.260 e. The van der Waals surface area contributed by atoms with Gasteiger partial charge in [-0.1, -0.05) is 11.3 Å². The SMILES string of the molecule is CC(C)Oc1ccc(C(=O)N(Cc2ccco2)c2nc3ccc(F)cc3s2)cc1. The molecular formula is C22H19FN2O3S. The molecule has 148 valence electrons. The van der Waals surface area contributed by atoms with E-state index in [1.807, 2.05) is 13.8 Å². The highest BCUT2D eigenvalue weighted by molar-refractivity contribution is 7.22. The molecule has 0 radical (unpaired) electrons. The lowest BCUT2D eigenvalue weighted by molar-refractivity contribution is 0.0983. The summed E-state index contributed by atoms with van der Waals surface area (Å²) in [5.74, 6) is 0.766. The molecule has 2 aromatic carbocycles. The third kappa shape index (κ3) is 4.30. The molecule has 2 aromatic heterocycles. The van der Waals surface area contributed by atoms with Crippen molar-refractivity contribution in [3.63, 3.8) is 0 Å². The number of ether oxygens (including phenoxy) is 1. The summed E-state index contributed by atoms with van der Waals surface area (Å²) in [6.07, 6.45) is 1.61. The molecule has 0 unspecified atom stereocenters. The summed E-state index contributed by atoms with van der Waals surface area (Å²) in [6, 6.07) is 14.9. The van der Waals surface area contributed by atoms with Crippen molar-refractivity contribution in [2.24, 2.45) is 0 Å². The molecule has 0 aliphatic heterocycles. The largest absolute Gasteiger partial charge is 0.491 e. The predicted octanol–water partition coefficient (Wildman–Crippen LogP) is 5.66. The summed E-state index contributed by atoms with van der Waals surface area (Å²) < 4.78 is 25.3. The molecule has 4 aromatic rings. The highest BCUT2D eigenvalue weighted by Gasteiger charge is 2.23. The number of anilines is 1. The molecule has 29 heavy (non-hydrogen) atoms. The zero-order valence-electron chi connectivity index (χ0n) is 16.0. The average Bonchev–Trinajstić information content (AvgIpc) is 3.34. The normalized spacial score (nSPS) is 11.2. The number of hydrogen-bond acceptors (Lipinski definition) is 5. The Morgan fingerprint density at radius 2 is 2.00 bits per heavy atom. The molecule has 4 rings (SSSR count). The Balaban J connectivity index is 1.68. The molecule has 0 bridgehead atoms. The number of carbonyl (C=O) groups is 1. The monoisotopic (exact) mass is 410 g/mol. The Morgan fingerprint density at radius 3 is 2.69 bits per heavy atom. The summed E-state index contributed by atoms with van der Waals surface area (Å²) in [4.78, 5) is 19.4. The van der Waals surface area contributed by atoms with Crippen LogP contribution >= 0.6 is 11.3 Å². The number of furan rings is 1. The van der Waals surface area contributed by atoms with Crippen LogP contribution in [-0.4, -0.2) is 17.0 Å². The first-order chi connectivity index (χ1) is 14.0. The van der Waals surface area contributed by atoms with Gasteiger partial charge in [0.05, 0.1) is 29.1 Å². The van der Waals surface area contributed by atoms with Crippen LogP contribution in [0.1, 0.15) is 30.0 Å². The van der Waals surface area contributed by atoms with E-state index in [1.54, 1.807) is 53.6 Å². The van der Waals surface area contributed by atoms with Crippen molar-refractivity contribution in [1.82, 2.24) is 4.98 Å². The van der Waals surface area contributed by atoms with Crippen LogP contribution in [0.15, 0.2) is 65.3 Å². The van der Waals surface area contributed by atoms with E-state index < -0.39 is 0 Å². The first-order valence-electron chi connectivity index (χ1n) is 9.16. The highest BCUT2D eigenvalue weighted by Crippen LogP contribution is 2.31. The molecule has 0 saturated carbocycles. The highest BCUT2D eigenvalue weighted by atomic mass is 32.1. The van der Waals surface area contributed by atoms with Gasteiger partial charge in [0.15, 0.2) is 5.13 Å². The van der Waals surface area contributed by atoms with Gasteiger partial charge < -0.3 is 9.15 Å². The van der Waals surface area contributed by atoms with Crippen LogP contribution in [0.2, 0.25) is 0 Å². The number of carbonyl (C=O) groups excluding carboxylic acids is 1. The fraction of sp³-hybridized carbons (Fsp3) is 0.182. The Kier molecular flexibility index (Phi) is 5.31. The number of nitrogens with zero attached hydrogens (tertiary/aromatic N) is 2. The van der Waals surface area contributed by atoms with E-state index in [0.29, 0.717) is 32.4 Å². The van der Waals surface area contributed by atoms with Crippen LogP contribution in [0.4, 0.5) is 9.52 Å². The van der Waals surface area contributed by atoms with Crippen LogP contribution in [0.25, 0.3) is 10.2 Å². The number of amides is 1. The molecule has 2 heterocycles. The zero-order valence-corrected chi connectivity index (χ0v) is 16.8. The fourth-order valence-electron chi connectivity index (χ4n) is 2.89. The Labute approximate surface area is 171 Å². The second-order valence-electron chi connectivity index (χ2n) is 6.77. The maximum Gasteiger partial charge on any atom is 0.260 e. The van der Waals surface area contributed by atoms with Gasteiger partial charge >= 0.3 is 0 Å². The number of halogens is 1. The predicted molar refractivity (Wildman–Crippen MR) is 111 cm³/mol. The molecule has 1 amide bonds. The Hall–Kier alpha value is -3.19. The van der Waals surface area contributed by atoms with Gasteiger partial charge in [0.25, 0.3) is 5.91 Å². The average molecular weight is 410 g/mol. The third-order valence-electron chi connectivity index (χ3n) is 4.18. The molecular weight excluding hydrogens is 391 g/mol. The van der Waals surface area contributed by atoms with E-state index in [-0.39, 0.29) is 24.4 Å². The summed E-state index contributed by atoms with van der Waals surface area (Å²) in [5.41, 5.74) is 1.14. The number of rotatable bonds is 6. The van der Waals surface area contributed by atoms with E-state index in [0.717, 1.165) is 0 Å². The molecule has 0 saturated heterocycles. The van der Waals surface area contributed by atoms with Crippen LogP contribution in [0, 0.1) is 5.82 Å². The topological polar surface area (TPSA) is 55.6 Å². The molecule has 0 N–H and O–H groups in total. The van der Waals surface area contributed by atoms with Crippen molar-refractivity contribution in [1.29, 1.82) is 0 Å². The van der Waals surface area contributed by atoms with Crippen molar-refractivity contribution in [2.45, 2.75) is 26.5 Å². The van der Waals surface area contributed by atoms with Crippen molar-refractivity contribution in [2.75, 3.05) is 4.90 Å². The van der Waals surface area contributed by atoms with Gasteiger partial charge in [-0.05, 0) is 68.4 Å². The molecule has 0 fully saturated rings. The number of fused-ring (bicyclic) bond motifs is 1. The van der Waals surface area contributed by atoms with Gasteiger partial charge in [0, 0.05) is 5.56 Å². The van der Waals surface area contributed by atoms with E-state index >= 15 is 0 Å². The standard InChI is InChI=1S/C22H19FN2O3S/c1-14(2)28-17-8-5-15(6-9-17)21(26)25(13-18-4-3-11-27-18)22-24-19-10-7-16(23)12-20(19)29-22/h3-12,14H,13H2,1-2H3. The van der Waals surface area contributed by atoms with Crippen LogP contribution in [0.5, 0.6) is 5.75 Å². The molecule has 0 aliphatic rings. The summed E-state index contributed by atoms with van der Waals surface area (Å²) in [6.45, 7) is 4.11. The van der Waals surface area contributed by atoms with Gasteiger partial charge in [-0.25, -0.2) is 9.37 Å². The van der Waals surface area contributed by atoms with Crippen molar-refractivity contribution >= 4 is 32.6 Å².